The second kappa shape index (κ2) is 5.34. The predicted molar refractivity (Wildman–Crippen MR) is 71.1 cm³/mol. The van der Waals surface area contributed by atoms with E-state index in [1.54, 1.807) is 0 Å². The van der Waals surface area contributed by atoms with Crippen LogP contribution in [-0.2, 0) is 11.3 Å². The van der Waals surface area contributed by atoms with E-state index in [0.29, 0.717) is 13.2 Å². The van der Waals surface area contributed by atoms with Crippen LogP contribution in [0.3, 0.4) is 0 Å². The molecule has 0 saturated heterocycles. The van der Waals surface area contributed by atoms with Crippen LogP contribution in [0.2, 0.25) is 0 Å². The number of para-hydroxylation sites is 1. The molecule has 92 valence electrons. The van der Waals surface area contributed by atoms with Crippen molar-refractivity contribution in [3.05, 3.63) is 36.0 Å². The summed E-state index contributed by atoms with van der Waals surface area (Å²) in [5.74, 6) is 0. The molecular formula is C14H20N2O. The van der Waals surface area contributed by atoms with Gasteiger partial charge in [-0.25, -0.2) is 0 Å². The summed E-state index contributed by atoms with van der Waals surface area (Å²) in [6.07, 6.45) is 2.32. The van der Waals surface area contributed by atoms with Crippen LogP contribution in [-0.4, -0.2) is 23.8 Å². The lowest BCUT2D eigenvalue weighted by molar-refractivity contribution is 0.0666. The van der Waals surface area contributed by atoms with E-state index in [1.165, 1.54) is 16.5 Å². The minimum absolute atomic E-state index is 0.137. The molecule has 2 rings (SSSR count). The van der Waals surface area contributed by atoms with Gasteiger partial charge in [-0.05, 0) is 25.5 Å². The molecule has 2 N–H and O–H groups in total. The van der Waals surface area contributed by atoms with Gasteiger partial charge in [0.15, 0.2) is 0 Å². The Hall–Kier alpha value is -1.32. The zero-order valence-electron chi connectivity index (χ0n) is 10.5. The minimum atomic E-state index is 0.137. The van der Waals surface area contributed by atoms with Crippen molar-refractivity contribution >= 4 is 10.9 Å². The number of benzene rings is 1. The van der Waals surface area contributed by atoms with Crippen molar-refractivity contribution in [2.75, 3.05) is 13.2 Å². The van der Waals surface area contributed by atoms with Crippen LogP contribution >= 0.6 is 0 Å². The second-order valence-corrected chi connectivity index (χ2v) is 4.44. The van der Waals surface area contributed by atoms with Crippen LogP contribution in [0.4, 0.5) is 0 Å². The zero-order chi connectivity index (χ0) is 12.3. The minimum Gasteiger partial charge on any atom is -0.375 e. The number of hydrogen-bond acceptors (Lipinski definition) is 2. The Morgan fingerprint density at radius 2 is 2.12 bits per heavy atom. The molecule has 17 heavy (non-hydrogen) atoms. The molecule has 0 aliphatic carbocycles. The third-order valence-electron chi connectivity index (χ3n) is 3.05. The van der Waals surface area contributed by atoms with Crippen molar-refractivity contribution in [3.8, 4) is 0 Å². The molecule has 0 aliphatic rings. The van der Waals surface area contributed by atoms with E-state index < -0.39 is 0 Å². The highest BCUT2D eigenvalue weighted by Crippen LogP contribution is 2.20. The lowest BCUT2D eigenvalue weighted by Crippen LogP contribution is -2.21. The van der Waals surface area contributed by atoms with Gasteiger partial charge in [0.05, 0.1) is 12.7 Å². The Morgan fingerprint density at radius 3 is 2.88 bits per heavy atom. The van der Waals surface area contributed by atoms with Crippen LogP contribution in [0, 0.1) is 6.92 Å². The maximum Gasteiger partial charge on any atom is 0.0670 e. The monoisotopic (exact) mass is 232 g/mol. The van der Waals surface area contributed by atoms with Crippen LogP contribution in [0.5, 0.6) is 0 Å². The van der Waals surface area contributed by atoms with Crippen molar-refractivity contribution in [1.29, 1.82) is 0 Å². The van der Waals surface area contributed by atoms with E-state index >= 15 is 0 Å². The van der Waals surface area contributed by atoms with Crippen molar-refractivity contribution < 1.29 is 4.74 Å². The van der Waals surface area contributed by atoms with Gasteiger partial charge in [-0.3, -0.25) is 0 Å². The molecule has 2 aromatic rings. The quantitative estimate of drug-likeness (QED) is 0.859. The maximum atomic E-state index is 5.61. The van der Waals surface area contributed by atoms with Crippen molar-refractivity contribution in [1.82, 2.24) is 4.57 Å². The number of hydrogen-bond donors (Lipinski definition) is 1. The number of ether oxygens (including phenoxy) is 1. The number of nitrogens with two attached hydrogens (primary N) is 1. The van der Waals surface area contributed by atoms with Gasteiger partial charge in [0.1, 0.15) is 0 Å². The van der Waals surface area contributed by atoms with Gasteiger partial charge in [0.2, 0.25) is 0 Å². The third-order valence-corrected chi connectivity index (χ3v) is 3.05. The lowest BCUT2D eigenvalue weighted by Gasteiger charge is -2.11. The molecule has 3 heteroatoms. The molecule has 0 spiro atoms. The van der Waals surface area contributed by atoms with Crippen molar-refractivity contribution in [2.24, 2.45) is 5.73 Å². The Labute approximate surface area is 102 Å². The average molecular weight is 232 g/mol. The molecule has 3 nitrogen and oxygen atoms in total. The van der Waals surface area contributed by atoms with Gasteiger partial charge in [-0.15, -0.1) is 0 Å². The Bertz CT molecular complexity index is 490. The molecule has 0 radical (unpaired) electrons. The SMILES string of the molecule is Cc1cn(CCOC(C)CN)c2ccccc12. The molecule has 0 aliphatic heterocycles. The van der Waals surface area contributed by atoms with Crippen molar-refractivity contribution in [3.63, 3.8) is 0 Å². The zero-order valence-corrected chi connectivity index (χ0v) is 10.5. The summed E-state index contributed by atoms with van der Waals surface area (Å²) in [6, 6.07) is 8.45. The molecule has 0 bridgehead atoms. The second-order valence-electron chi connectivity index (χ2n) is 4.44. The van der Waals surface area contributed by atoms with E-state index in [-0.39, 0.29) is 6.10 Å². The predicted octanol–water partition coefficient (Wildman–Crippen LogP) is 2.31. The smallest absolute Gasteiger partial charge is 0.0670 e. The number of aryl methyl sites for hydroxylation is 1. The summed E-state index contributed by atoms with van der Waals surface area (Å²) in [6.45, 7) is 6.29. The third kappa shape index (κ3) is 2.68. The number of aromatic nitrogens is 1. The Balaban J connectivity index is 2.09. The average Bonchev–Trinajstić information content (AvgIpc) is 2.67. The first-order valence-electron chi connectivity index (χ1n) is 6.08. The van der Waals surface area contributed by atoms with E-state index in [9.17, 15) is 0 Å². The standard InChI is InChI=1S/C14H20N2O/c1-11-10-16(7-8-17-12(2)9-15)14-6-4-3-5-13(11)14/h3-6,10,12H,7-9,15H2,1-2H3. The summed E-state index contributed by atoms with van der Waals surface area (Å²) < 4.78 is 7.85. The molecule has 1 unspecified atom stereocenters. The maximum absolute atomic E-state index is 5.61. The number of rotatable bonds is 5. The lowest BCUT2D eigenvalue weighted by atomic mass is 10.2. The van der Waals surface area contributed by atoms with Crippen LogP contribution in [0.1, 0.15) is 12.5 Å². The molecular weight excluding hydrogens is 212 g/mol. The first-order chi connectivity index (χ1) is 8.22. The molecule has 0 saturated carbocycles. The van der Waals surface area contributed by atoms with E-state index in [2.05, 4.69) is 42.0 Å². The Morgan fingerprint density at radius 1 is 1.35 bits per heavy atom. The number of fused-ring (bicyclic) bond motifs is 1. The van der Waals surface area contributed by atoms with Gasteiger partial charge >= 0.3 is 0 Å². The van der Waals surface area contributed by atoms with Gasteiger partial charge in [-0.1, -0.05) is 18.2 Å². The fraction of sp³-hybridized carbons (Fsp3) is 0.429. The highest BCUT2D eigenvalue weighted by molar-refractivity contribution is 5.83. The molecule has 1 aromatic carbocycles. The summed E-state index contributed by atoms with van der Waals surface area (Å²) in [4.78, 5) is 0. The fourth-order valence-corrected chi connectivity index (χ4v) is 2.04. The van der Waals surface area contributed by atoms with E-state index in [1.807, 2.05) is 6.92 Å². The first-order valence-corrected chi connectivity index (χ1v) is 6.08. The van der Waals surface area contributed by atoms with E-state index in [0.717, 1.165) is 6.54 Å². The summed E-state index contributed by atoms with van der Waals surface area (Å²) in [7, 11) is 0. The molecule has 0 amide bonds. The molecule has 1 atom stereocenters. The van der Waals surface area contributed by atoms with Gasteiger partial charge in [0.25, 0.3) is 0 Å². The topological polar surface area (TPSA) is 40.2 Å². The van der Waals surface area contributed by atoms with Gasteiger partial charge in [0, 0.05) is 30.2 Å². The largest absolute Gasteiger partial charge is 0.375 e. The van der Waals surface area contributed by atoms with Crippen LogP contribution < -0.4 is 5.73 Å². The normalized spacial score (nSPS) is 13.1. The Kier molecular flexibility index (Phi) is 3.82. The summed E-state index contributed by atoms with van der Waals surface area (Å²) >= 11 is 0. The molecule has 1 aromatic heterocycles. The van der Waals surface area contributed by atoms with Crippen molar-refractivity contribution in [2.45, 2.75) is 26.5 Å². The fourth-order valence-electron chi connectivity index (χ4n) is 2.04. The van der Waals surface area contributed by atoms with Crippen LogP contribution in [0.25, 0.3) is 10.9 Å². The summed E-state index contributed by atoms with van der Waals surface area (Å²) in [5, 5.41) is 1.32. The van der Waals surface area contributed by atoms with Gasteiger partial charge < -0.3 is 15.0 Å². The first kappa shape index (κ1) is 12.1. The molecule has 0 fully saturated rings. The molecule has 1 heterocycles. The summed E-state index contributed by atoms with van der Waals surface area (Å²) in [5.41, 5.74) is 8.10. The highest BCUT2D eigenvalue weighted by atomic mass is 16.5. The van der Waals surface area contributed by atoms with E-state index in [4.69, 9.17) is 10.5 Å². The highest BCUT2D eigenvalue weighted by Gasteiger charge is 2.04. The van der Waals surface area contributed by atoms with Crippen LogP contribution in [0.15, 0.2) is 30.5 Å². The van der Waals surface area contributed by atoms with Gasteiger partial charge in [-0.2, -0.15) is 0 Å². The number of nitrogens with zero attached hydrogens (tertiary/aromatic N) is 1.